The Kier molecular flexibility index (Phi) is 2.11. The van der Waals surface area contributed by atoms with Crippen LogP contribution in [-0.4, -0.2) is 20.5 Å². The van der Waals surface area contributed by atoms with Crippen LogP contribution in [0.2, 0.25) is 0 Å². The molecular formula is C9H5F3N2O2. The van der Waals surface area contributed by atoms with E-state index in [2.05, 4.69) is 4.98 Å². The fraction of sp³-hybridized carbons (Fsp3) is 0.111. The summed E-state index contributed by atoms with van der Waals surface area (Å²) >= 11 is 0. The molecule has 0 unspecified atom stereocenters. The Balaban J connectivity index is 2.76. The number of alkyl halides is 3. The van der Waals surface area contributed by atoms with Crippen LogP contribution in [0.1, 0.15) is 15.9 Å². The second-order valence-electron chi connectivity index (χ2n) is 3.10. The third-order valence-corrected chi connectivity index (χ3v) is 2.05. The van der Waals surface area contributed by atoms with Gasteiger partial charge in [0.1, 0.15) is 5.56 Å². The van der Waals surface area contributed by atoms with E-state index in [4.69, 9.17) is 5.11 Å². The van der Waals surface area contributed by atoms with Crippen LogP contribution in [0, 0.1) is 0 Å². The quantitative estimate of drug-likeness (QED) is 0.815. The van der Waals surface area contributed by atoms with Crippen molar-refractivity contribution in [2.24, 2.45) is 0 Å². The second kappa shape index (κ2) is 3.22. The Hall–Kier alpha value is -2.05. The summed E-state index contributed by atoms with van der Waals surface area (Å²) in [5.74, 6) is -1.44. The SMILES string of the molecule is O=C(O)c1cc(C(F)(F)F)cn2ccnc12. The highest BCUT2D eigenvalue weighted by atomic mass is 19.4. The molecule has 7 heteroatoms. The molecule has 0 saturated heterocycles. The third-order valence-electron chi connectivity index (χ3n) is 2.05. The van der Waals surface area contributed by atoms with Crippen LogP contribution in [0.5, 0.6) is 0 Å². The third kappa shape index (κ3) is 1.60. The van der Waals surface area contributed by atoms with Gasteiger partial charge in [0.2, 0.25) is 0 Å². The number of aromatic carboxylic acids is 1. The van der Waals surface area contributed by atoms with Crippen molar-refractivity contribution in [1.82, 2.24) is 9.38 Å². The molecule has 0 spiro atoms. The van der Waals surface area contributed by atoms with Gasteiger partial charge >= 0.3 is 12.1 Å². The van der Waals surface area contributed by atoms with E-state index < -0.39 is 23.3 Å². The number of pyridine rings is 1. The van der Waals surface area contributed by atoms with Crippen LogP contribution in [0.25, 0.3) is 5.65 Å². The zero-order valence-electron chi connectivity index (χ0n) is 7.69. The molecule has 16 heavy (non-hydrogen) atoms. The van der Waals surface area contributed by atoms with Crippen LogP contribution < -0.4 is 0 Å². The molecule has 2 aromatic rings. The summed E-state index contributed by atoms with van der Waals surface area (Å²) in [5, 5.41) is 8.77. The predicted octanol–water partition coefficient (Wildman–Crippen LogP) is 2.05. The Morgan fingerprint density at radius 2 is 2.12 bits per heavy atom. The lowest BCUT2D eigenvalue weighted by atomic mass is 10.2. The summed E-state index contributed by atoms with van der Waals surface area (Å²) in [6, 6.07) is 0.574. The molecule has 0 aliphatic carbocycles. The average Bonchev–Trinajstić information content (AvgIpc) is 2.61. The largest absolute Gasteiger partial charge is 0.478 e. The molecule has 0 fully saturated rings. The molecule has 0 saturated carbocycles. The first-order valence-corrected chi connectivity index (χ1v) is 4.17. The number of carboxylic acids is 1. The molecule has 84 valence electrons. The molecule has 2 aromatic heterocycles. The smallest absolute Gasteiger partial charge is 0.417 e. The maximum atomic E-state index is 12.4. The Bertz CT molecular complexity index is 559. The number of carbonyl (C=O) groups is 1. The van der Waals surface area contributed by atoms with Gasteiger partial charge in [-0.1, -0.05) is 0 Å². The van der Waals surface area contributed by atoms with Crippen LogP contribution in [-0.2, 0) is 6.18 Å². The van der Waals surface area contributed by atoms with Crippen molar-refractivity contribution in [1.29, 1.82) is 0 Å². The first-order valence-electron chi connectivity index (χ1n) is 4.17. The Morgan fingerprint density at radius 3 is 2.69 bits per heavy atom. The van der Waals surface area contributed by atoms with E-state index in [-0.39, 0.29) is 5.65 Å². The van der Waals surface area contributed by atoms with E-state index in [1.807, 2.05) is 0 Å². The maximum Gasteiger partial charge on any atom is 0.417 e. The summed E-state index contributed by atoms with van der Waals surface area (Å²) < 4.78 is 38.4. The molecule has 0 bridgehead atoms. The van der Waals surface area contributed by atoms with Gasteiger partial charge in [-0.25, -0.2) is 9.78 Å². The van der Waals surface area contributed by atoms with Gasteiger partial charge in [-0.2, -0.15) is 13.2 Å². The van der Waals surface area contributed by atoms with Crippen LogP contribution >= 0.6 is 0 Å². The highest BCUT2D eigenvalue weighted by Gasteiger charge is 2.32. The summed E-state index contributed by atoms with van der Waals surface area (Å²) in [6.07, 6.45) is -1.28. The zero-order valence-corrected chi connectivity index (χ0v) is 7.69. The average molecular weight is 230 g/mol. The number of halogens is 3. The van der Waals surface area contributed by atoms with Crippen molar-refractivity contribution < 1.29 is 23.1 Å². The summed E-state index contributed by atoms with van der Waals surface area (Å²) in [4.78, 5) is 14.4. The predicted molar refractivity (Wildman–Crippen MR) is 47.2 cm³/mol. The van der Waals surface area contributed by atoms with Gasteiger partial charge in [0.05, 0.1) is 5.56 Å². The van der Waals surface area contributed by atoms with E-state index in [0.717, 1.165) is 10.6 Å². The van der Waals surface area contributed by atoms with Gasteiger partial charge in [-0.05, 0) is 6.07 Å². The Morgan fingerprint density at radius 1 is 1.44 bits per heavy atom. The fourth-order valence-electron chi connectivity index (χ4n) is 1.35. The van der Waals surface area contributed by atoms with Gasteiger partial charge < -0.3 is 9.51 Å². The highest BCUT2D eigenvalue weighted by Crippen LogP contribution is 2.30. The van der Waals surface area contributed by atoms with Crippen LogP contribution in [0.3, 0.4) is 0 Å². The minimum absolute atomic E-state index is 0.0134. The molecule has 0 aliphatic heterocycles. The standard InChI is InChI=1S/C9H5F3N2O2/c10-9(11,12)5-3-6(8(15)16)7-13-1-2-14(7)4-5/h1-4H,(H,15,16). The molecule has 1 N–H and O–H groups in total. The van der Waals surface area contributed by atoms with E-state index in [1.165, 1.54) is 12.4 Å². The molecule has 0 amide bonds. The molecule has 4 nitrogen and oxygen atoms in total. The normalized spacial score (nSPS) is 11.9. The van der Waals surface area contributed by atoms with E-state index in [0.29, 0.717) is 6.07 Å². The monoisotopic (exact) mass is 230 g/mol. The molecule has 2 rings (SSSR count). The molecular weight excluding hydrogens is 225 g/mol. The topological polar surface area (TPSA) is 54.6 Å². The fourth-order valence-corrected chi connectivity index (χ4v) is 1.35. The van der Waals surface area contributed by atoms with E-state index in [1.54, 1.807) is 0 Å². The number of rotatable bonds is 1. The number of aromatic nitrogens is 2. The number of hydrogen-bond acceptors (Lipinski definition) is 2. The first kappa shape index (κ1) is 10.5. The minimum Gasteiger partial charge on any atom is -0.478 e. The van der Waals surface area contributed by atoms with E-state index >= 15 is 0 Å². The van der Waals surface area contributed by atoms with Crippen molar-refractivity contribution in [2.75, 3.05) is 0 Å². The number of imidazole rings is 1. The number of carboxylic acid groups (broad SMARTS) is 1. The van der Waals surface area contributed by atoms with Crippen molar-refractivity contribution in [3.8, 4) is 0 Å². The molecule has 0 aliphatic rings. The van der Waals surface area contributed by atoms with Gasteiger partial charge in [0.25, 0.3) is 0 Å². The summed E-state index contributed by atoms with van der Waals surface area (Å²) in [5.41, 5.74) is -1.50. The minimum atomic E-state index is -4.58. The van der Waals surface area contributed by atoms with Crippen LogP contribution in [0.15, 0.2) is 24.7 Å². The van der Waals surface area contributed by atoms with Crippen LogP contribution in [0.4, 0.5) is 13.2 Å². The second-order valence-corrected chi connectivity index (χ2v) is 3.10. The molecule has 0 atom stereocenters. The lowest BCUT2D eigenvalue weighted by molar-refractivity contribution is -0.137. The molecule has 2 heterocycles. The highest BCUT2D eigenvalue weighted by molar-refractivity contribution is 5.94. The van der Waals surface area contributed by atoms with E-state index in [9.17, 15) is 18.0 Å². The van der Waals surface area contributed by atoms with Crippen molar-refractivity contribution >= 4 is 11.6 Å². The Labute approximate surface area is 87.0 Å². The lowest BCUT2D eigenvalue weighted by Gasteiger charge is -2.08. The van der Waals surface area contributed by atoms with Crippen molar-refractivity contribution in [2.45, 2.75) is 6.18 Å². The molecule has 0 aromatic carbocycles. The first-order chi connectivity index (χ1) is 7.39. The molecule has 0 radical (unpaired) electrons. The number of hydrogen-bond donors (Lipinski definition) is 1. The van der Waals surface area contributed by atoms with Crippen molar-refractivity contribution in [3.05, 3.63) is 35.8 Å². The van der Waals surface area contributed by atoms with Gasteiger partial charge in [-0.3, -0.25) is 0 Å². The van der Waals surface area contributed by atoms with Gasteiger partial charge in [0.15, 0.2) is 5.65 Å². The van der Waals surface area contributed by atoms with Gasteiger partial charge in [0, 0.05) is 18.6 Å². The number of nitrogens with zero attached hydrogens (tertiary/aromatic N) is 2. The number of fused-ring (bicyclic) bond motifs is 1. The van der Waals surface area contributed by atoms with Crippen molar-refractivity contribution in [3.63, 3.8) is 0 Å². The maximum absolute atomic E-state index is 12.4. The summed E-state index contributed by atoms with van der Waals surface area (Å²) in [6.45, 7) is 0. The zero-order chi connectivity index (χ0) is 11.9. The van der Waals surface area contributed by atoms with Gasteiger partial charge in [-0.15, -0.1) is 0 Å². The lowest BCUT2D eigenvalue weighted by Crippen LogP contribution is -2.10. The summed E-state index contributed by atoms with van der Waals surface area (Å²) in [7, 11) is 0.